The molecule has 1 heterocycles. The van der Waals surface area contributed by atoms with Gasteiger partial charge in [0.2, 0.25) is 0 Å². The number of hydrogen-bond acceptors (Lipinski definition) is 6. The van der Waals surface area contributed by atoms with E-state index >= 15 is 0 Å². The van der Waals surface area contributed by atoms with Crippen LogP contribution in [0.25, 0.3) is 0 Å². The molecular formula is C24H26ClNO6. The number of carbonyl (C=O) groups is 1. The van der Waals surface area contributed by atoms with Crippen LogP contribution in [0.15, 0.2) is 40.8 Å². The Morgan fingerprint density at radius 1 is 0.969 bits per heavy atom. The number of hydrogen-bond donors (Lipinski definition) is 1. The number of methoxy groups -OCH3 is 3. The van der Waals surface area contributed by atoms with E-state index in [9.17, 15) is 4.79 Å². The van der Waals surface area contributed by atoms with Crippen LogP contribution < -0.4 is 24.3 Å². The summed E-state index contributed by atoms with van der Waals surface area (Å²) in [7, 11) is 4.51. The van der Waals surface area contributed by atoms with Crippen LogP contribution in [0.3, 0.4) is 0 Å². The molecule has 0 saturated heterocycles. The first-order chi connectivity index (χ1) is 15.3. The Kier molecular flexibility index (Phi) is 7.20. The molecule has 0 fully saturated rings. The van der Waals surface area contributed by atoms with Crippen LogP contribution in [0.2, 0.25) is 5.02 Å². The Morgan fingerprint density at radius 2 is 1.62 bits per heavy atom. The molecule has 0 aliphatic carbocycles. The maximum atomic E-state index is 12.8. The number of nitrogens with one attached hydrogen (secondary N) is 1. The van der Waals surface area contributed by atoms with E-state index in [2.05, 4.69) is 19.2 Å². The number of halogens is 1. The van der Waals surface area contributed by atoms with Gasteiger partial charge in [-0.25, -0.2) is 0 Å². The number of rotatable bonds is 8. The van der Waals surface area contributed by atoms with Crippen LogP contribution in [0, 0.1) is 6.92 Å². The zero-order valence-electron chi connectivity index (χ0n) is 18.9. The molecule has 0 spiro atoms. The number of anilines is 1. The van der Waals surface area contributed by atoms with Gasteiger partial charge >= 0.3 is 0 Å². The standard InChI is InChI=1S/C24H26ClNO6/c1-13(2)16-12-19(14(3)9-17(16)25)32-22-8-7-18(31-22)24(27)26-23-20(29-5)10-15(28-4)11-21(23)30-6/h7-13H,1-6H3,(H,26,27). The number of amides is 1. The van der Waals surface area contributed by atoms with Crippen molar-refractivity contribution in [1.29, 1.82) is 0 Å². The van der Waals surface area contributed by atoms with Crippen molar-refractivity contribution in [1.82, 2.24) is 0 Å². The summed E-state index contributed by atoms with van der Waals surface area (Å²) >= 11 is 6.33. The Bertz CT molecular complexity index is 1100. The lowest BCUT2D eigenvalue weighted by atomic mass is 10.0. The molecule has 0 saturated carbocycles. The van der Waals surface area contributed by atoms with E-state index in [1.165, 1.54) is 27.4 Å². The molecule has 3 aromatic rings. The van der Waals surface area contributed by atoms with Gasteiger partial charge in [-0.1, -0.05) is 25.4 Å². The largest absolute Gasteiger partial charge is 0.496 e. The van der Waals surface area contributed by atoms with E-state index in [-0.39, 0.29) is 17.6 Å². The Morgan fingerprint density at radius 3 is 2.19 bits per heavy atom. The highest BCUT2D eigenvalue weighted by atomic mass is 35.5. The van der Waals surface area contributed by atoms with Gasteiger partial charge in [0.25, 0.3) is 11.9 Å². The Hall–Kier alpha value is -3.32. The smallest absolute Gasteiger partial charge is 0.291 e. The SMILES string of the molecule is COc1cc(OC)c(NC(=O)c2ccc(Oc3cc(C(C)C)c(Cl)cc3C)o2)c(OC)c1. The first-order valence-corrected chi connectivity index (χ1v) is 10.3. The minimum atomic E-state index is -0.489. The second-order valence-electron chi connectivity index (χ2n) is 7.38. The van der Waals surface area contributed by atoms with Crippen molar-refractivity contribution >= 4 is 23.2 Å². The number of carbonyl (C=O) groups excluding carboxylic acids is 1. The van der Waals surface area contributed by atoms with E-state index in [4.69, 9.17) is 35.0 Å². The minimum absolute atomic E-state index is 0.0654. The molecule has 1 aromatic heterocycles. The average Bonchev–Trinajstić information content (AvgIpc) is 3.24. The lowest BCUT2D eigenvalue weighted by Crippen LogP contribution is -2.13. The molecular weight excluding hydrogens is 434 g/mol. The second-order valence-corrected chi connectivity index (χ2v) is 7.78. The van der Waals surface area contributed by atoms with Crippen molar-refractivity contribution in [2.45, 2.75) is 26.7 Å². The monoisotopic (exact) mass is 459 g/mol. The van der Waals surface area contributed by atoms with Gasteiger partial charge in [-0.05, 0) is 42.2 Å². The van der Waals surface area contributed by atoms with Crippen LogP contribution in [-0.2, 0) is 0 Å². The molecule has 8 heteroatoms. The zero-order valence-corrected chi connectivity index (χ0v) is 19.6. The van der Waals surface area contributed by atoms with Crippen molar-refractivity contribution in [3.05, 3.63) is 58.3 Å². The van der Waals surface area contributed by atoms with Gasteiger partial charge < -0.3 is 28.7 Å². The summed E-state index contributed by atoms with van der Waals surface area (Å²) < 4.78 is 27.5. The van der Waals surface area contributed by atoms with Crippen LogP contribution in [0.5, 0.6) is 28.9 Å². The highest BCUT2D eigenvalue weighted by Gasteiger charge is 2.20. The van der Waals surface area contributed by atoms with E-state index in [1.807, 2.05) is 19.1 Å². The van der Waals surface area contributed by atoms with Gasteiger partial charge in [0.05, 0.1) is 21.3 Å². The van der Waals surface area contributed by atoms with Crippen molar-refractivity contribution in [3.8, 4) is 28.9 Å². The Balaban J connectivity index is 1.83. The summed E-state index contributed by atoms with van der Waals surface area (Å²) in [5, 5.41) is 3.44. The summed E-state index contributed by atoms with van der Waals surface area (Å²) in [4.78, 5) is 12.8. The predicted octanol–water partition coefficient (Wildman–Crippen LogP) is 6.44. The minimum Gasteiger partial charge on any atom is -0.496 e. The van der Waals surface area contributed by atoms with Crippen LogP contribution in [0.1, 0.15) is 41.4 Å². The summed E-state index contributed by atoms with van der Waals surface area (Å²) in [6, 6.07) is 10.1. The zero-order chi connectivity index (χ0) is 23.4. The first-order valence-electron chi connectivity index (χ1n) is 9.96. The molecule has 0 atom stereocenters. The fourth-order valence-corrected chi connectivity index (χ4v) is 3.57. The van der Waals surface area contributed by atoms with Gasteiger partial charge in [0.15, 0.2) is 5.76 Å². The lowest BCUT2D eigenvalue weighted by molar-refractivity contribution is 0.0991. The van der Waals surface area contributed by atoms with Crippen molar-refractivity contribution in [2.75, 3.05) is 26.6 Å². The third kappa shape index (κ3) is 4.94. The molecule has 1 N–H and O–H groups in total. The third-order valence-corrected chi connectivity index (χ3v) is 5.21. The number of furan rings is 1. The summed E-state index contributed by atoms with van der Waals surface area (Å²) in [5.41, 5.74) is 2.18. The topological polar surface area (TPSA) is 79.2 Å². The Labute approximate surface area is 192 Å². The highest BCUT2D eigenvalue weighted by molar-refractivity contribution is 6.31. The fraction of sp³-hybridized carbons (Fsp3) is 0.292. The van der Waals surface area contributed by atoms with Gasteiger partial charge in [-0.3, -0.25) is 4.79 Å². The lowest BCUT2D eigenvalue weighted by Gasteiger charge is -2.15. The average molecular weight is 460 g/mol. The summed E-state index contributed by atoms with van der Waals surface area (Å²) in [5.74, 6) is 1.91. The van der Waals surface area contributed by atoms with E-state index < -0.39 is 5.91 Å². The number of aryl methyl sites for hydroxylation is 1. The predicted molar refractivity (Wildman–Crippen MR) is 123 cm³/mol. The maximum Gasteiger partial charge on any atom is 0.291 e. The molecule has 170 valence electrons. The van der Waals surface area contributed by atoms with Crippen molar-refractivity contribution < 1.29 is 28.2 Å². The summed E-state index contributed by atoms with van der Waals surface area (Å²) in [6.45, 7) is 6.00. The molecule has 2 aromatic carbocycles. The van der Waals surface area contributed by atoms with E-state index in [0.717, 1.165) is 11.1 Å². The molecule has 32 heavy (non-hydrogen) atoms. The molecule has 0 aliphatic heterocycles. The molecule has 7 nitrogen and oxygen atoms in total. The van der Waals surface area contributed by atoms with E-state index in [1.54, 1.807) is 18.2 Å². The van der Waals surface area contributed by atoms with Crippen molar-refractivity contribution in [2.24, 2.45) is 0 Å². The second kappa shape index (κ2) is 9.87. The molecule has 1 amide bonds. The van der Waals surface area contributed by atoms with Gasteiger partial charge in [-0.2, -0.15) is 0 Å². The van der Waals surface area contributed by atoms with Gasteiger partial charge in [0, 0.05) is 23.2 Å². The maximum absolute atomic E-state index is 12.8. The van der Waals surface area contributed by atoms with E-state index in [0.29, 0.717) is 33.7 Å². The number of benzene rings is 2. The molecule has 0 aliphatic rings. The van der Waals surface area contributed by atoms with Gasteiger partial charge in [-0.15, -0.1) is 0 Å². The molecule has 0 unspecified atom stereocenters. The summed E-state index contributed by atoms with van der Waals surface area (Å²) in [6.07, 6.45) is 0. The van der Waals surface area contributed by atoms with Crippen molar-refractivity contribution in [3.63, 3.8) is 0 Å². The third-order valence-electron chi connectivity index (χ3n) is 4.89. The highest BCUT2D eigenvalue weighted by Crippen LogP contribution is 2.39. The molecule has 0 radical (unpaired) electrons. The first kappa shape index (κ1) is 23.3. The normalized spacial score (nSPS) is 10.8. The molecule has 0 bridgehead atoms. The van der Waals surface area contributed by atoms with Crippen LogP contribution in [0.4, 0.5) is 5.69 Å². The quantitative estimate of drug-likeness (QED) is 0.417. The van der Waals surface area contributed by atoms with Crippen LogP contribution in [-0.4, -0.2) is 27.2 Å². The fourth-order valence-electron chi connectivity index (χ4n) is 3.13. The van der Waals surface area contributed by atoms with Crippen LogP contribution >= 0.6 is 11.6 Å². The number of ether oxygens (including phenoxy) is 4. The van der Waals surface area contributed by atoms with Gasteiger partial charge in [0.1, 0.15) is 28.7 Å². The molecule has 3 rings (SSSR count).